The second-order valence-electron chi connectivity index (χ2n) is 2.08. The summed E-state index contributed by atoms with van der Waals surface area (Å²) in [7, 11) is 0. The molecule has 52 valence electrons. The predicted molar refractivity (Wildman–Crippen MR) is 44.0 cm³/mol. The summed E-state index contributed by atoms with van der Waals surface area (Å²) in [5.41, 5.74) is 2.26. The zero-order valence-electron chi connectivity index (χ0n) is 5.89. The highest BCUT2D eigenvalue weighted by Gasteiger charge is 1.91. The largest absolute Gasteiger partial charge is 0.122 e. The van der Waals surface area contributed by atoms with Gasteiger partial charge in [-0.3, -0.25) is 0 Å². The van der Waals surface area contributed by atoms with E-state index >= 15 is 0 Å². The topological polar surface area (TPSA) is 0 Å². The Kier molecular flexibility index (Phi) is 2.76. The van der Waals surface area contributed by atoms with Crippen LogP contribution in [-0.4, -0.2) is 0 Å². The molecule has 1 rings (SSSR count). The number of halogens is 1. The number of rotatable bonds is 2. The summed E-state index contributed by atoms with van der Waals surface area (Å²) in [6.45, 7) is 1.90. The molecule has 0 aliphatic carbocycles. The van der Waals surface area contributed by atoms with Gasteiger partial charge < -0.3 is 0 Å². The summed E-state index contributed by atoms with van der Waals surface area (Å²) in [6.07, 6.45) is 3.04. The molecule has 1 aromatic rings. The van der Waals surface area contributed by atoms with Gasteiger partial charge in [-0.25, -0.2) is 0 Å². The van der Waals surface area contributed by atoms with Gasteiger partial charge in [-0.05, 0) is 11.1 Å². The fraction of sp³-hybridized carbons (Fsp3) is 0.222. The van der Waals surface area contributed by atoms with E-state index in [1.54, 1.807) is 0 Å². The Labute approximate surface area is 66.8 Å². The Bertz CT molecular complexity index is 186. The summed E-state index contributed by atoms with van der Waals surface area (Å²) in [4.78, 5) is 0. The quantitative estimate of drug-likeness (QED) is 0.572. The molecule has 0 heterocycles. The Balaban J connectivity index is 2.87. The fourth-order valence-corrected chi connectivity index (χ4v) is 0.976. The monoisotopic (exact) mass is 152 g/mol. The van der Waals surface area contributed by atoms with E-state index in [1.165, 1.54) is 0 Å². The smallest absolute Gasteiger partial charge is 0.0474 e. The Morgan fingerprint density at radius 2 is 2.30 bits per heavy atom. The molecular weight excluding hydrogens is 144 g/mol. The lowest BCUT2D eigenvalue weighted by Crippen LogP contribution is -1.80. The van der Waals surface area contributed by atoms with Crippen LogP contribution in [-0.2, 0) is 5.88 Å². The summed E-state index contributed by atoms with van der Waals surface area (Å²) in [5, 5.41) is 0. The molecular formula is C9H9Cl. The summed E-state index contributed by atoms with van der Waals surface area (Å²) >= 11 is 5.63. The Morgan fingerprint density at radius 3 is 2.90 bits per heavy atom. The summed E-state index contributed by atoms with van der Waals surface area (Å²) in [6, 6.07) is 8.04. The van der Waals surface area contributed by atoms with Crippen LogP contribution in [0.4, 0.5) is 0 Å². The lowest BCUT2D eigenvalue weighted by molar-refractivity contribution is 1.34. The van der Waals surface area contributed by atoms with Gasteiger partial charge in [0, 0.05) is 12.3 Å². The zero-order valence-corrected chi connectivity index (χ0v) is 6.65. The van der Waals surface area contributed by atoms with Crippen LogP contribution in [0.3, 0.4) is 0 Å². The van der Waals surface area contributed by atoms with E-state index < -0.39 is 0 Å². The molecule has 0 N–H and O–H groups in total. The van der Waals surface area contributed by atoms with Crippen molar-refractivity contribution in [3.05, 3.63) is 41.8 Å². The predicted octanol–water partition coefficient (Wildman–Crippen LogP) is 2.87. The Morgan fingerprint density at radius 1 is 1.50 bits per heavy atom. The van der Waals surface area contributed by atoms with Crippen molar-refractivity contribution in [2.24, 2.45) is 0 Å². The maximum absolute atomic E-state index is 5.63. The first kappa shape index (κ1) is 7.62. The van der Waals surface area contributed by atoms with Gasteiger partial charge in [-0.1, -0.05) is 31.2 Å². The van der Waals surface area contributed by atoms with Gasteiger partial charge in [0.25, 0.3) is 0 Å². The molecule has 1 heteroatoms. The van der Waals surface area contributed by atoms with Gasteiger partial charge in [0.2, 0.25) is 0 Å². The van der Waals surface area contributed by atoms with E-state index in [9.17, 15) is 0 Å². The summed E-state index contributed by atoms with van der Waals surface area (Å²) < 4.78 is 0. The van der Waals surface area contributed by atoms with E-state index in [2.05, 4.69) is 6.42 Å². The van der Waals surface area contributed by atoms with E-state index in [4.69, 9.17) is 11.6 Å². The molecule has 0 bridgehead atoms. The van der Waals surface area contributed by atoms with Crippen LogP contribution in [0.15, 0.2) is 24.3 Å². The minimum Gasteiger partial charge on any atom is -0.122 e. The minimum atomic E-state index is 0.579. The second kappa shape index (κ2) is 3.62. The first-order valence-corrected chi connectivity index (χ1v) is 3.73. The zero-order chi connectivity index (χ0) is 7.40. The van der Waals surface area contributed by atoms with Crippen molar-refractivity contribution in [1.82, 2.24) is 0 Å². The standard InChI is InChI=1S/C9H9Cl/c1-2-8-4-3-5-9(6-8)7-10/h3-6H,7H2,1H3. The molecule has 0 saturated carbocycles. The van der Waals surface area contributed by atoms with Gasteiger partial charge in [-0.15, -0.1) is 11.6 Å². The molecule has 2 radical (unpaired) electrons. The first-order chi connectivity index (χ1) is 4.86. The van der Waals surface area contributed by atoms with Crippen LogP contribution >= 0.6 is 11.6 Å². The maximum atomic E-state index is 5.63. The molecule has 0 aliphatic rings. The molecule has 0 fully saturated rings. The maximum Gasteiger partial charge on any atom is 0.0474 e. The summed E-state index contributed by atoms with van der Waals surface area (Å²) in [5.74, 6) is 0.579. The third kappa shape index (κ3) is 1.74. The number of benzene rings is 1. The molecule has 0 spiro atoms. The van der Waals surface area contributed by atoms with Crippen LogP contribution in [0.2, 0.25) is 0 Å². The normalized spacial score (nSPS) is 9.80. The lowest BCUT2D eigenvalue weighted by Gasteiger charge is -1.97. The van der Waals surface area contributed by atoms with Crippen molar-refractivity contribution in [2.75, 3.05) is 0 Å². The lowest BCUT2D eigenvalue weighted by atomic mass is 10.1. The van der Waals surface area contributed by atoms with E-state index in [0.717, 1.165) is 11.1 Å². The highest BCUT2D eigenvalue weighted by Crippen LogP contribution is 2.08. The van der Waals surface area contributed by atoms with Crippen molar-refractivity contribution >= 4 is 11.6 Å². The van der Waals surface area contributed by atoms with Gasteiger partial charge >= 0.3 is 0 Å². The molecule has 0 aliphatic heterocycles. The van der Waals surface area contributed by atoms with Crippen molar-refractivity contribution in [3.8, 4) is 0 Å². The van der Waals surface area contributed by atoms with Crippen LogP contribution in [0.1, 0.15) is 18.1 Å². The van der Waals surface area contributed by atoms with Crippen LogP contribution < -0.4 is 0 Å². The number of alkyl halides is 1. The van der Waals surface area contributed by atoms with Crippen LogP contribution in [0.25, 0.3) is 0 Å². The number of hydrogen-bond acceptors (Lipinski definition) is 0. The molecule has 10 heavy (non-hydrogen) atoms. The first-order valence-electron chi connectivity index (χ1n) is 3.19. The number of hydrogen-bond donors (Lipinski definition) is 0. The molecule has 0 aromatic heterocycles. The average molecular weight is 153 g/mol. The highest BCUT2D eigenvalue weighted by molar-refractivity contribution is 6.17. The van der Waals surface area contributed by atoms with E-state index in [0.29, 0.717) is 5.88 Å². The van der Waals surface area contributed by atoms with E-state index in [-0.39, 0.29) is 0 Å². The third-order valence-electron chi connectivity index (χ3n) is 1.37. The van der Waals surface area contributed by atoms with Crippen molar-refractivity contribution < 1.29 is 0 Å². The molecule has 0 atom stereocenters. The highest BCUT2D eigenvalue weighted by atomic mass is 35.5. The molecule has 0 saturated heterocycles. The van der Waals surface area contributed by atoms with Crippen LogP contribution in [0.5, 0.6) is 0 Å². The van der Waals surface area contributed by atoms with Gasteiger partial charge in [0.15, 0.2) is 0 Å². The SMILES string of the molecule is C[C]c1cccc(CCl)c1. The van der Waals surface area contributed by atoms with Crippen molar-refractivity contribution in [1.29, 1.82) is 0 Å². The average Bonchev–Trinajstić information content (AvgIpc) is 2.05. The second-order valence-corrected chi connectivity index (χ2v) is 2.35. The fourth-order valence-electron chi connectivity index (χ4n) is 0.810. The minimum absolute atomic E-state index is 0.579. The van der Waals surface area contributed by atoms with Gasteiger partial charge in [0.05, 0.1) is 0 Å². The van der Waals surface area contributed by atoms with Crippen molar-refractivity contribution in [2.45, 2.75) is 12.8 Å². The Hall–Kier alpha value is -0.490. The van der Waals surface area contributed by atoms with E-state index in [1.807, 2.05) is 31.2 Å². The molecule has 0 nitrogen and oxygen atoms in total. The molecule has 0 unspecified atom stereocenters. The molecule has 1 aromatic carbocycles. The van der Waals surface area contributed by atoms with Gasteiger partial charge in [-0.2, -0.15) is 0 Å². The van der Waals surface area contributed by atoms with Crippen molar-refractivity contribution in [3.63, 3.8) is 0 Å². The van der Waals surface area contributed by atoms with Gasteiger partial charge in [0.1, 0.15) is 0 Å². The third-order valence-corrected chi connectivity index (χ3v) is 1.68. The molecule has 0 amide bonds. The van der Waals surface area contributed by atoms with Crippen LogP contribution in [0, 0.1) is 6.42 Å².